The van der Waals surface area contributed by atoms with Gasteiger partial charge in [0.1, 0.15) is 11.6 Å². The molecule has 1 unspecified atom stereocenters. The molecule has 0 spiro atoms. The first-order chi connectivity index (χ1) is 9.20. The van der Waals surface area contributed by atoms with Gasteiger partial charge in [0.15, 0.2) is 6.29 Å². The second-order valence-electron chi connectivity index (χ2n) is 4.30. The molecule has 1 aromatic rings. The van der Waals surface area contributed by atoms with Gasteiger partial charge in [-0.05, 0) is 30.2 Å². The van der Waals surface area contributed by atoms with Gasteiger partial charge in [-0.3, -0.25) is 0 Å². The largest absolute Gasteiger partial charge is 0.473 e. The highest BCUT2D eigenvalue weighted by atomic mass is 19.1. The predicted molar refractivity (Wildman–Crippen MR) is 65.1 cm³/mol. The zero-order valence-corrected chi connectivity index (χ0v) is 10.7. The van der Waals surface area contributed by atoms with Crippen molar-refractivity contribution in [3.8, 4) is 0 Å². The molecule has 5 heteroatoms. The molecule has 0 bridgehead atoms. The summed E-state index contributed by atoms with van der Waals surface area (Å²) < 4.78 is 42.7. The first-order valence-corrected chi connectivity index (χ1v) is 6.08. The van der Waals surface area contributed by atoms with Crippen LogP contribution in [0.15, 0.2) is 24.5 Å². The minimum Gasteiger partial charge on any atom is -0.473 e. The normalized spacial score (nSPS) is 18.4. The Morgan fingerprint density at radius 2 is 2.00 bits per heavy atom. The van der Waals surface area contributed by atoms with Crippen molar-refractivity contribution in [1.82, 2.24) is 0 Å². The Morgan fingerprint density at radius 3 is 2.58 bits per heavy atom. The standard InChI is InChI=1S/C14H16F2O3/c1-17-9-11-12(15)6-10(7-13(11)16)8-19-14-4-2-3-5-18-14/h3,5-7,14H,2,4,8-9H2,1H3. The molecule has 0 saturated heterocycles. The van der Waals surface area contributed by atoms with Crippen molar-refractivity contribution in [3.05, 3.63) is 47.2 Å². The second-order valence-corrected chi connectivity index (χ2v) is 4.30. The number of rotatable bonds is 5. The molecule has 0 fully saturated rings. The van der Waals surface area contributed by atoms with E-state index in [1.807, 2.05) is 6.08 Å². The van der Waals surface area contributed by atoms with Gasteiger partial charge in [-0.15, -0.1) is 0 Å². The number of allylic oxidation sites excluding steroid dienone is 1. The number of ether oxygens (including phenoxy) is 3. The van der Waals surface area contributed by atoms with Gasteiger partial charge < -0.3 is 14.2 Å². The SMILES string of the molecule is COCc1c(F)cc(COC2CCC=CO2)cc1F. The molecule has 0 saturated carbocycles. The molecule has 0 aromatic heterocycles. The van der Waals surface area contributed by atoms with Gasteiger partial charge in [0.2, 0.25) is 0 Å². The van der Waals surface area contributed by atoms with Gasteiger partial charge in [-0.25, -0.2) is 8.78 Å². The van der Waals surface area contributed by atoms with Crippen molar-refractivity contribution in [2.24, 2.45) is 0 Å². The number of hydrogen-bond donors (Lipinski definition) is 0. The first kappa shape index (κ1) is 14.0. The summed E-state index contributed by atoms with van der Waals surface area (Å²) in [7, 11) is 1.39. The summed E-state index contributed by atoms with van der Waals surface area (Å²) in [4.78, 5) is 0. The summed E-state index contributed by atoms with van der Waals surface area (Å²) in [5.41, 5.74) is 0.371. The molecular formula is C14H16F2O3. The minimum atomic E-state index is -0.620. The maximum absolute atomic E-state index is 13.6. The van der Waals surface area contributed by atoms with Crippen LogP contribution in [0.5, 0.6) is 0 Å². The quantitative estimate of drug-likeness (QED) is 0.821. The van der Waals surface area contributed by atoms with E-state index >= 15 is 0 Å². The van der Waals surface area contributed by atoms with E-state index < -0.39 is 11.6 Å². The van der Waals surface area contributed by atoms with E-state index in [1.54, 1.807) is 6.26 Å². The molecule has 2 rings (SSSR count). The smallest absolute Gasteiger partial charge is 0.199 e. The molecule has 19 heavy (non-hydrogen) atoms. The lowest BCUT2D eigenvalue weighted by atomic mass is 10.1. The zero-order chi connectivity index (χ0) is 13.7. The zero-order valence-electron chi connectivity index (χ0n) is 10.7. The lowest BCUT2D eigenvalue weighted by Gasteiger charge is -2.19. The fourth-order valence-corrected chi connectivity index (χ4v) is 1.84. The van der Waals surface area contributed by atoms with Crippen LogP contribution < -0.4 is 0 Å². The van der Waals surface area contributed by atoms with Gasteiger partial charge in [-0.1, -0.05) is 0 Å². The Labute approximate surface area is 110 Å². The van der Waals surface area contributed by atoms with Crippen LogP contribution in [0.4, 0.5) is 8.78 Å². The van der Waals surface area contributed by atoms with Crippen LogP contribution >= 0.6 is 0 Å². The van der Waals surface area contributed by atoms with E-state index in [4.69, 9.17) is 14.2 Å². The Hall–Kier alpha value is -1.46. The molecule has 0 N–H and O–H groups in total. The lowest BCUT2D eigenvalue weighted by molar-refractivity contribution is -0.123. The predicted octanol–water partition coefficient (Wildman–Crippen LogP) is 3.28. The number of hydrogen-bond acceptors (Lipinski definition) is 3. The third-order valence-corrected chi connectivity index (χ3v) is 2.82. The van der Waals surface area contributed by atoms with Gasteiger partial charge in [0.25, 0.3) is 0 Å². The Kier molecular flexibility index (Phi) is 4.87. The average Bonchev–Trinajstić information content (AvgIpc) is 2.42. The van der Waals surface area contributed by atoms with E-state index in [2.05, 4.69) is 0 Å². The van der Waals surface area contributed by atoms with Gasteiger partial charge in [0, 0.05) is 19.1 Å². The van der Waals surface area contributed by atoms with Crippen LogP contribution in [-0.2, 0) is 27.4 Å². The van der Waals surface area contributed by atoms with E-state index in [1.165, 1.54) is 19.2 Å². The number of methoxy groups -OCH3 is 1. The van der Waals surface area contributed by atoms with Crippen LogP contribution in [0.2, 0.25) is 0 Å². The summed E-state index contributed by atoms with van der Waals surface area (Å²) in [5, 5.41) is 0. The van der Waals surface area contributed by atoms with Crippen LogP contribution in [0.1, 0.15) is 24.0 Å². The number of benzene rings is 1. The molecule has 104 valence electrons. The molecule has 1 aliphatic rings. The van der Waals surface area contributed by atoms with Crippen molar-refractivity contribution in [2.75, 3.05) is 7.11 Å². The van der Waals surface area contributed by atoms with E-state index in [0.717, 1.165) is 12.8 Å². The minimum absolute atomic E-state index is 0.0666. The topological polar surface area (TPSA) is 27.7 Å². The Morgan fingerprint density at radius 1 is 1.26 bits per heavy atom. The highest BCUT2D eigenvalue weighted by Gasteiger charge is 2.14. The van der Waals surface area contributed by atoms with Crippen LogP contribution in [-0.4, -0.2) is 13.4 Å². The molecule has 1 atom stereocenters. The van der Waals surface area contributed by atoms with Crippen molar-refractivity contribution >= 4 is 0 Å². The van der Waals surface area contributed by atoms with Gasteiger partial charge in [0.05, 0.1) is 19.5 Å². The second kappa shape index (κ2) is 6.63. The van der Waals surface area contributed by atoms with Crippen molar-refractivity contribution in [3.63, 3.8) is 0 Å². The third-order valence-electron chi connectivity index (χ3n) is 2.82. The molecule has 0 amide bonds. The lowest BCUT2D eigenvalue weighted by Crippen LogP contribution is -2.16. The van der Waals surface area contributed by atoms with Crippen LogP contribution in [0, 0.1) is 11.6 Å². The maximum Gasteiger partial charge on any atom is 0.199 e. The molecular weight excluding hydrogens is 254 g/mol. The summed E-state index contributed by atoms with van der Waals surface area (Å²) in [6, 6.07) is 2.52. The van der Waals surface area contributed by atoms with Crippen molar-refractivity contribution in [1.29, 1.82) is 0 Å². The molecule has 1 aliphatic heterocycles. The molecule has 3 nitrogen and oxygen atoms in total. The van der Waals surface area contributed by atoms with E-state index in [-0.39, 0.29) is 25.1 Å². The fraction of sp³-hybridized carbons (Fsp3) is 0.429. The Balaban J connectivity index is 1.99. The van der Waals surface area contributed by atoms with E-state index in [9.17, 15) is 8.78 Å². The van der Waals surface area contributed by atoms with Gasteiger partial charge >= 0.3 is 0 Å². The fourth-order valence-electron chi connectivity index (χ4n) is 1.84. The summed E-state index contributed by atoms with van der Waals surface area (Å²) in [6.45, 7) is 0.0228. The number of halogens is 2. The summed E-state index contributed by atoms with van der Waals surface area (Å²) in [6.07, 6.45) is 4.74. The maximum atomic E-state index is 13.6. The average molecular weight is 270 g/mol. The monoisotopic (exact) mass is 270 g/mol. The van der Waals surface area contributed by atoms with Crippen LogP contribution in [0.3, 0.4) is 0 Å². The first-order valence-electron chi connectivity index (χ1n) is 6.08. The molecule has 1 aromatic carbocycles. The van der Waals surface area contributed by atoms with Crippen molar-refractivity contribution < 1.29 is 23.0 Å². The Bertz CT molecular complexity index is 437. The summed E-state index contributed by atoms with van der Waals surface area (Å²) in [5.74, 6) is -1.24. The molecule has 1 heterocycles. The third kappa shape index (κ3) is 3.75. The summed E-state index contributed by atoms with van der Waals surface area (Å²) >= 11 is 0. The highest BCUT2D eigenvalue weighted by molar-refractivity contribution is 5.25. The van der Waals surface area contributed by atoms with Crippen LogP contribution in [0.25, 0.3) is 0 Å². The highest BCUT2D eigenvalue weighted by Crippen LogP contribution is 2.19. The molecule has 0 aliphatic carbocycles. The van der Waals surface area contributed by atoms with Crippen molar-refractivity contribution in [2.45, 2.75) is 32.3 Å². The molecule has 0 radical (unpaired) electrons. The van der Waals surface area contributed by atoms with E-state index in [0.29, 0.717) is 5.56 Å². The van der Waals surface area contributed by atoms with Gasteiger partial charge in [-0.2, -0.15) is 0 Å².